The quantitative estimate of drug-likeness (QED) is 0.0262. The molecule has 0 saturated heterocycles. The van der Waals surface area contributed by atoms with Gasteiger partial charge in [0.05, 0.1) is 6.42 Å². The van der Waals surface area contributed by atoms with Crippen molar-refractivity contribution in [3.63, 3.8) is 0 Å². The Morgan fingerprint density at radius 3 is 1.01 bits per heavy atom. The van der Waals surface area contributed by atoms with E-state index in [1.165, 1.54) is 57.8 Å². The second kappa shape index (κ2) is 56.1. The van der Waals surface area contributed by atoms with Crippen molar-refractivity contribution in [1.82, 2.24) is 0 Å². The van der Waals surface area contributed by atoms with Crippen LogP contribution in [0.5, 0.6) is 0 Å². The van der Waals surface area contributed by atoms with Gasteiger partial charge in [-0.3, -0.25) is 14.4 Å². The highest BCUT2D eigenvalue weighted by atomic mass is 16.6. The fourth-order valence-electron chi connectivity index (χ4n) is 7.06. The second-order valence-corrected chi connectivity index (χ2v) is 17.7. The molecule has 69 heavy (non-hydrogen) atoms. The minimum Gasteiger partial charge on any atom is -0.462 e. The Morgan fingerprint density at radius 1 is 0.319 bits per heavy atom. The molecular formula is C63H100O6. The maximum absolute atomic E-state index is 12.8. The lowest BCUT2D eigenvalue weighted by molar-refractivity contribution is -0.166. The van der Waals surface area contributed by atoms with Gasteiger partial charge in [0.15, 0.2) is 6.10 Å². The zero-order valence-corrected chi connectivity index (χ0v) is 44.3. The Morgan fingerprint density at radius 2 is 0.623 bits per heavy atom. The Hall–Kier alpha value is -4.45. The number of rotatable bonds is 48. The van der Waals surface area contributed by atoms with Crippen molar-refractivity contribution in [2.75, 3.05) is 13.2 Å². The molecule has 388 valence electrons. The van der Waals surface area contributed by atoms with Crippen molar-refractivity contribution in [2.24, 2.45) is 0 Å². The summed E-state index contributed by atoms with van der Waals surface area (Å²) >= 11 is 0. The molecular weight excluding hydrogens is 853 g/mol. The van der Waals surface area contributed by atoms with Gasteiger partial charge in [-0.1, -0.05) is 225 Å². The van der Waals surface area contributed by atoms with Gasteiger partial charge >= 0.3 is 17.9 Å². The van der Waals surface area contributed by atoms with Gasteiger partial charge in [0.25, 0.3) is 0 Å². The molecule has 0 fully saturated rings. The molecule has 0 aromatic rings. The summed E-state index contributed by atoms with van der Waals surface area (Å²) in [6.45, 7) is 6.27. The van der Waals surface area contributed by atoms with E-state index in [1.54, 1.807) is 6.08 Å². The molecule has 0 rings (SSSR count). The largest absolute Gasteiger partial charge is 0.462 e. The SMILES string of the molecule is CC/C=C\C/C=C\C/C=C\C/C=C\C/C=C\CC(=O)OCC(COC(=O)CCCCCCCC/C=C\C/C=C\C/C=C\CCCCC)OC(=O)CCCCCCCCC/C=C\C/C=C\C/C=C\CC. The third-order valence-electron chi connectivity index (χ3n) is 11.2. The van der Waals surface area contributed by atoms with E-state index in [9.17, 15) is 14.4 Å². The molecule has 6 heteroatoms. The van der Waals surface area contributed by atoms with Crippen LogP contribution in [0, 0.1) is 0 Å². The lowest BCUT2D eigenvalue weighted by Crippen LogP contribution is -2.30. The third-order valence-corrected chi connectivity index (χ3v) is 11.2. The molecule has 0 aromatic heterocycles. The van der Waals surface area contributed by atoms with Gasteiger partial charge in [0, 0.05) is 12.8 Å². The molecule has 0 bridgehead atoms. The summed E-state index contributed by atoms with van der Waals surface area (Å²) in [5.41, 5.74) is 0. The lowest BCUT2D eigenvalue weighted by Gasteiger charge is -2.18. The molecule has 6 nitrogen and oxygen atoms in total. The van der Waals surface area contributed by atoms with Crippen LogP contribution in [-0.4, -0.2) is 37.2 Å². The average molecular weight is 953 g/mol. The van der Waals surface area contributed by atoms with Gasteiger partial charge in [0.1, 0.15) is 13.2 Å². The number of esters is 3. The molecule has 1 atom stereocenters. The third kappa shape index (κ3) is 54.4. The van der Waals surface area contributed by atoms with Gasteiger partial charge in [-0.05, 0) is 116 Å². The highest BCUT2D eigenvalue weighted by Crippen LogP contribution is 2.13. The molecule has 0 N–H and O–H groups in total. The summed E-state index contributed by atoms with van der Waals surface area (Å²) in [6.07, 6.45) is 78.9. The predicted molar refractivity (Wildman–Crippen MR) is 297 cm³/mol. The molecule has 0 saturated carbocycles. The Bertz CT molecular complexity index is 1510. The molecule has 0 radical (unpaired) electrons. The van der Waals surface area contributed by atoms with E-state index in [0.717, 1.165) is 128 Å². The van der Waals surface area contributed by atoms with E-state index < -0.39 is 12.1 Å². The zero-order chi connectivity index (χ0) is 50.0. The van der Waals surface area contributed by atoms with Crippen molar-refractivity contribution in [2.45, 2.75) is 232 Å². The number of carbonyl (C=O) groups is 3. The molecule has 0 heterocycles. The smallest absolute Gasteiger partial charge is 0.309 e. The summed E-state index contributed by atoms with van der Waals surface area (Å²) in [6, 6.07) is 0. The number of hydrogen-bond donors (Lipinski definition) is 0. The number of allylic oxidation sites excluding steroid dienone is 21. The molecule has 0 aliphatic heterocycles. The fraction of sp³-hybridized carbons (Fsp3) is 0.603. The summed E-state index contributed by atoms with van der Waals surface area (Å²) < 4.78 is 16.7. The molecule has 0 amide bonds. The first-order valence-electron chi connectivity index (χ1n) is 27.7. The first-order chi connectivity index (χ1) is 34.0. The van der Waals surface area contributed by atoms with Crippen molar-refractivity contribution < 1.29 is 28.6 Å². The van der Waals surface area contributed by atoms with E-state index in [2.05, 4.69) is 142 Å². The number of ether oxygens (including phenoxy) is 3. The Kier molecular flexibility index (Phi) is 52.5. The van der Waals surface area contributed by atoms with Crippen LogP contribution in [0.25, 0.3) is 0 Å². The van der Waals surface area contributed by atoms with Gasteiger partial charge in [0.2, 0.25) is 0 Å². The van der Waals surface area contributed by atoms with Crippen molar-refractivity contribution in [3.8, 4) is 0 Å². The van der Waals surface area contributed by atoms with E-state index >= 15 is 0 Å². The van der Waals surface area contributed by atoms with Crippen LogP contribution in [0.15, 0.2) is 134 Å². The Labute approximate surface area is 424 Å². The first kappa shape index (κ1) is 64.5. The highest BCUT2D eigenvalue weighted by molar-refractivity contribution is 5.72. The minimum atomic E-state index is -0.834. The van der Waals surface area contributed by atoms with E-state index in [0.29, 0.717) is 6.42 Å². The number of carbonyl (C=O) groups excluding carboxylic acids is 3. The van der Waals surface area contributed by atoms with Crippen molar-refractivity contribution in [1.29, 1.82) is 0 Å². The molecule has 0 aliphatic rings. The maximum atomic E-state index is 12.8. The van der Waals surface area contributed by atoms with E-state index in [4.69, 9.17) is 14.2 Å². The maximum Gasteiger partial charge on any atom is 0.309 e. The lowest BCUT2D eigenvalue weighted by atomic mass is 10.1. The fourth-order valence-corrected chi connectivity index (χ4v) is 7.06. The van der Waals surface area contributed by atoms with Crippen LogP contribution in [0.4, 0.5) is 0 Å². The summed E-state index contributed by atoms with van der Waals surface area (Å²) in [5, 5.41) is 0. The summed E-state index contributed by atoms with van der Waals surface area (Å²) in [5.74, 6) is -1.08. The zero-order valence-electron chi connectivity index (χ0n) is 44.3. The van der Waals surface area contributed by atoms with Crippen molar-refractivity contribution >= 4 is 17.9 Å². The molecule has 0 aromatic carbocycles. The monoisotopic (exact) mass is 953 g/mol. The second-order valence-electron chi connectivity index (χ2n) is 17.7. The van der Waals surface area contributed by atoms with Crippen LogP contribution in [0.2, 0.25) is 0 Å². The van der Waals surface area contributed by atoms with E-state index in [-0.39, 0.29) is 38.0 Å². The summed E-state index contributed by atoms with van der Waals surface area (Å²) in [4.78, 5) is 38.1. The first-order valence-corrected chi connectivity index (χ1v) is 27.7. The normalized spacial score (nSPS) is 13.1. The van der Waals surface area contributed by atoms with Crippen LogP contribution < -0.4 is 0 Å². The van der Waals surface area contributed by atoms with Crippen LogP contribution >= 0.6 is 0 Å². The van der Waals surface area contributed by atoms with Crippen LogP contribution in [-0.2, 0) is 28.6 Å². The number of hydrogen-bond acceptors (Lipinski definition) is 6. The molecule has 0 spiro atoms. The van der Waals surface area contributed by atoms with Gasteiger partial charge in [-0.2, -0.15) is 0 Å². The predicted octanol–water partition coefficient (Wildman–Crippen LogP) is 18.6. The Balaban J connectivity index is 4.55. The molecule has 1 unspecified atom stereocenters. The topological polar surface area (TPSA) is 78.9 Å². The van der Waals surface area contributed by atoms with Crippen molar-refractivity contribution in [3.05, 3.63) is 134 Å². The van der Waals surface area contributed by atoms with Crippen LogP contribution in [0.1, 0.15) is 226 Å². The minimum absolute atomic E-state index is 0.117. The van der Waals surface area contributed by atoms with Crippen LogP contribution in [0.3, 0.4) is 0 Å². The standard InChI is InChI=1S/C63H100O6/c1-4-7-10-13-16-19-22-25-28-30-31-33-35-38-41-44-47-50-53-56-62(65)68-59-60(58-67-61(64)55-52-49-46-43-40-37-34-27-24-21-18-15-12-9-6-3)69-63(66)57-54-51-48-45-42-39-36-32-29-26-23-20-17-14-11-8-5-2/h8-9,11-12,16-21,25-29,31,33-34,40,43,49,52,60H,4-7,10,13-15,22-24,30,32,35-39,41-42,44-48,50-51,53-59H2,1-3H3/b11-8-,12-9-,19-16-,20-17-,21-18-,28-25-,29-26-,33-31-,34-27-,43-40-,52-49-. The van der Waals surface area contributed by atoms with Gasteiger partial charge in [-0.15, -0.1) is 0 Å². The highest BCUT2D eigenvalue weighted by Gasteiger charge is 2.19. The number of unbranched alkanes of at least 4 members (excludes halogenated alkanes) is 16. The van der Waals surface area contributed by atoms with Gasteiger partial charge < -0.3 is 14.2 Å². The summed E-state index contributed by atoms with van der Waals surface area (Å²) in [7, 11) is 0. The molecule has 0 aliphatic carbocycles. The van der Waals surface area contributed by atoms with E-state index in [1.807, 2.05) is 6.08 Å². The van der Waals surface area contributed by atoms with Gasteiger partial charge in [-0.25, -0.2) is 0 Å². The average Bonchev–Trinajstić information content (AvgIpc) is 3.35.